The number of carboxylic acids is 1. The third-order valence-electron chi connectivity index (χ3n) is 1.93. The third kappa shape index (κ3) is 3.37. The summed E-state index contributed by atoms with van der Waals surface area (Å²) in [7, 11) is 0. The maximum absolute atomic E-state index is 12.6. The van der Waals surface area contributed by atoms with Crippen molar-refractivity contribution in [3.63, 3.8) is 0 Å². The lowest BCUT2D eigenvalue weighted by molar-refractivity contribution is -0.141. The molecule has 0 aliphatic carbocycles. The zero-order valence-corrected chi connectivity index (χ0v) is 10.0. The maximum Gasteiger partial charge on any atom is 0.433 e. The van der Waals surface area contributed by atoms with Crippen LogP contribution < -0.4 is 0 Å². The fourth-order valence-corrected chi connectivity index (χ4v) is 1.77. The number of carbonyl (C=O) groups is 1. The first-order chi connectivity index (χ1) is 8.12. The van der Waals surface area contributed by atoms with Crippen molar-refractivity contribution in [2.24, 2.45) is 0 Å². The molecule has 1 aromatic heterocycles. The molecule has 1 N–H and O–H groups in total. The molecule has 0 saturated carbocycles. The van der Waals surface area contributed by atoms with Crippen molar-refractivity contribution in [3.05, 3.63) is 27.5 Å². The number of hydrogen-bond donors (Lipinski definition) is 1. The summed E-state index contributed by atoms with van der Waals surface area (Å²) in [6, 6.07) is 0.476. The number of hydrogen-bond acceptors (Lipinski definition) is 2. The Morgan fingerprint density at radius 2 is 2.00 bits per heavy atom. The van der Waals surface area contributed by atoms with E-state index in [1.54, 1.807) is 0 Å². The lowest BCUT2D eigenvalue weighted by atomic mass is 10.1. The second-order valence-corrected chi connectivity index (χ2v) is 4.08. The number of halogens is 6. The first-order valence-electron chi connectivity index (χ1n) is 4.39. The van der Waals surface area contributed by atoms with Crippen LogP contribution >= 0.6 is 15.9 Å². The van der Waals surface area contributed by atoms with Gasteiger partial charge in [-0.1, -0.05) is 15.9 Å². The van der Waals surface area contributed by atoms with Crippen molar-refractivity contribution in [2.75, 3.05) is 0 Å². The predicted molar refractivity (Wildman–Crippen MR) is 53.2 cm³/mol. The standard InChI is InChI=1S/C9H5BrF5NO2/c10-4-2-5(9(13,14)15)16-7(8(11)12)3(4)1-6(17)18/h2,8H,1H2,(H,17,18). The van der Waals surface area contributed by atoms with Gasteiger partial charge < -0.3 is 5.11 Å². The number of nitrogens with zero attached hydrogens (tertiary/aromatic N) is 1. The SMILES string of the molecule is O=C(O)Cc1c(Br)cc(C(F)(F)F)nc1C(F)F. The Balaban J connectivity index is 3.40. The van der Waals surface area contributed by atoms with Crippen LogP contribution in [0.1, 0.15) is 23.4 Å². The summed E-state index contributed by atoms with van der Waals surface area (Å²) in [5.74, 6) is -1.45. The molecule has 1 rings (SSSR count). The minimum Gasteiger partial charge on any atom is -0.481 e. The number of aromatic nitrogens is 1. The van der Waals surface area contributed by atoms with Gasteiger partial charge in [-0.2, -0.15) is 13.2 Å². The van der Waals surface area contributed by atoms with Gasteiger partial charge in [-0.15, -0.1) is 0 Å². The van der Waals surface area contributed by atoms with Crippen LogP contribution in [-0.2, 0) is 17.4 Å². The van der Waals surface area contributed by atoms with Crippen molar-refractivity contribution in [2.45, 2.75) is 19.0 Å². The van der Waals surface area contributed by atoms with Gasteiger partial charge in [0, 0.05) is 10.0 Å². The second kappa shape index (κ2) is 5.17. The quantitative estimate of drug-likeness (QED) is 0.862. The van der Waals surface area contributed by atoms with Crippen LogP contribution in [0.4, 0.5) is 22.0 Å². The summed E-state index contributed by atoms with van der Waals surface area (Å²) in [5, 5.41) is 8.51. The highest BCUT2D eigenvalue weighted by molar-refractivity contribution is 9.10. The molecule has 0 unspecified atom stereocenters. The first kappa shape index (κ1) is 14.8. The second-order valence-electron chi connectivity index (χ2n) is 3.22. The lowest BCUT2D eigenvalue weighted by Crippen LogP contribution is -2.14. The maximum atomic E-state index is 12.6. The van der Waals surface area contributed by atoms with Gasteiger partial charge in [-0.3, -0.25) is 4.79 Å². The molecule has 1 heterocycles. The smallest absolute Gasteiger partial charge is 0.433 e. The van der Waals surface area contributed by atoms with E-state index < -0.39 is 41.9 Å². The van der Waals surface area contributed by atoms with Crippen LogP contribution in [0.15, 0.2) is 10.5 Å². The Morgan fingerprint density at radius 1 is 1.44 bits per heavy atom. The molecule has 0 radical (unpaired) electrons. The number of alkyl halides is 5. The fraction of sp³-hybridized carbons (Fsp3) is 0.333. The number of carboxylic acid groups (broad SMARTS) is 1. The van der Waals surface area contributed by atoms with Crippen LogP contribution in [0.3, 0.4) is 0 Å². The van der Waals surface area contributed by atoms with Gasteiger partial charge in [0.2, 0.25) is 0 Å². The van der Waals surface area contributed by atoms with Crippen molar-refractivity contribution >= 4 is 21.9 Å². The molecular formula is C9H5BrF5NO2. The van der Waals surface area contributed by atoms with E-state index in [4.69, 9.17) is 5.11 Å². The Hall–Kier alpha value is -1.25. The number of rotatable bonds is 3. The Bertz CT molecular complexity index is 475. The molecular weight excluding hydrogens is 329 g/mol. The Labute approximate surface area is 106 Å². The molecule has 1 aromatic rings. The van der Waals surface area contributed by atoms with Crippen molar-refractivity contribution in [3.8, 4) is 0 Å². The summed E-state index contributed by atoms with van der Waals surface area (Å²) >= 11 is 2.65. The van der Waals surface area contributed by atoms with E-state index in [9.17, 15) is 26.7 Å². The molecule has 18 heavy (non-hydrogen) atoms. The highest BCUT2D eigenvalue weighted by Gasteiger charge is 2.35. The predicted octanol–water partition coefficient (Wildman–Crippen LogP) is 3.43. The summed E-state index contributed by atoms with van der Waals surface area (Å²) in [5.41, 5.74) is -3.15. The molecule has 0 spiro atoms. The monoisotopic (exact) mass is 333 g/mol. The highest BCUT2D eigenvalue weighted by atomic mass is 79.9. The highest BCUT2D eigenvalue weighted by Crippen LogP contribution is 2.34. The Morgan fingerprint density at radius 3 is 2.39 bits per heavy atom. The van der Waals surface area contributed by atoms with E-state index in [-0.39, 0.29) is 4.47 Å². The molecule has 3 nitrogen and oxygen atoms in total. The van der Waals surface area contributed by atoms with Gasteiger partial charge in [0.05, 0.1) is 6.42 Å². The van der Waals surface area contributed by atoms with E-state index in [2.05, 4.69) is 20.9 Å². The topological polar surface area (TPSA) is 50.2 Å². The van der Waals surface area contributed by atoms with Gasteiger partial charge >= 0.3 is 12.1 Å². The molecule has 0 atom stereocenters. The largest absolute Gasteiger partial charge is 0.481 e. The van der Waals surface area contributed by atoms with Crippen LogP contribution in [0.25, 0.3) is 0 Å². The third-order valence-corrected chi connectivity index (χ3v) is 2.63. The van der Waals surface area contributed by atoms with E-state index in [1.807, 2.05) is 0 Å². The van der Waals surface area contributed by atoms with Gasteiger partial charge in [-0.05, 0) is 6.07 Å². The van der Waals surface area contributed by atoms with E-state index in [1.165, 1.54) is 0 Å². The van der Waals surface area contributed by atoms with Gasteiger partial charge in [0.15, 0.2) is 0 Å². The zero-order valence-electron chi connectivity index (χ0n) is 8.43. The van der Waals surface area contributed by atoms with E-state index in [0.29, 0.717) is 6.07 Å². The minimum absolute atomic E-state index is 0.359. The average molecular weight is 334 g/mol. The molecule has 0 bridgehead atoms. The van der Waals surface area contributed by atoms with Crippen molar-refractivity contribution < 1.29 is 31.9 Å². The van der Waals surface area contributed by atoms with Crippen LogP contribution in [0.2, 0.25) is 0 Å². The van der Waals surface area contributed by atoms with Gasteiger partial charge in [0.1, 0.15) is 11.4 Å². The zero-order chi connectivity index (χ0) is 14.1. The molecule has 0 aromatic carbocycles. The summed E-state index contributed by atoms with van der Waals surface area (Å²) in [4.78, 5) is 13.3. The van der Waals surface area contributed by atoms with Crippen LogP contribution in [0, 0.1) is 0 Å². The van der Waals surface area contributed by atoms with Crippen LogP contribution in [0.5, 0.6) is 0 Å². The minimum atomic E-state index is -4.88. The van der Waals surface area contributed by atoms with Gasteiger partial charge in [0.25, 0.3) is 6.43 Å². The van der Waals surface area contributed by atoms with Crippen molar-refractivity contribution in [1.29, 1.82) is 0 Å². The molecule has 0 fully saturated rings. The van der Waals surface area contributed by atoms with Gasteiger partial charge in [-0.25, -0.2) is 13.8 Å². The number of aliphatic carboxylic acids is 1. The van der Waals surface area contributed by atoms with E-state index in [0.717, 1.165) is 0 Å². The van der Waals surface area contributed by atoms with Crippen LogP contribution in [-0.4, -0.2) is 16.1 Å². The lowest BCUT2D eigenvalue weighted by Gasteiger charge is -2.13. The average Bonchev–Trinajstić information content (AvgIpc) is 2.17. The molecule has 0 amide bonds. The molecule has 9 heteroatoms. The molecule has 0 aliphatic rings. The summed E-state index contributed by atoms with van der Waals surface area (Å²) in [6.07, 6.45) is -9.02. The normalized spacial score (nSPS) is 11.9. The van der Waals surface area contributed by atoms with E-state index >= 15 is 0 Å². The van der Waals surface area contributed by atoms with Crippen molar-refractivity contribution in [1.82, 2.24) is 4.98 Å². The molecule has 0 aliphatic heterocycles. The fourth-order valence-electron chi connectivity index (χ4n) is 1.21. The summed E-state index contributed by atoms with van der Waals surface area (Å²) < 4.78 is 61.9. The first-order valence-corrected chi connectivity index (χ1v) is 5.18. The molecule has 0 saturated heterocycles. The molecule has 100 valence electrons. The Kier molecular flexibility index (Phi) is 4.25. The summed E-state index contributed by atoms with van der Waals surface area (Å²) in [6.45, 7) is 0. The number of pyridine rings is 1.